The minimum atomic E-state index is -0.173. The van der Waals surface area contributed by atoms with Crippen LogP contribution >= 0.6 is 0 Å². The molecule has 0 aliphatic carbocycles. The van der Waals surface area contributed by atoms with E-state index in [1.165, 1.54) is 12.8 Å². The fourth-order valence-corrected chi connectivity index (χ4v) is 3.32. The lowest BCUT2D eigenvalue weighted by Crippen LogP contribution is -2.26. The Morgan fingerprint density at radius 3 is 2.80 bits per heavy atom. The molecule has 6 heteroatoms. The maximum atomic E-state index is 12.5. The second-order valence-corrected chi connectivity index (χ2v) is 6.35. The van der Waals surface area contributed by atoms with Crippen LogP contribution in [0, 0.1) is 0 Å². The highest BCUT2D eigenvalue weighted by atomic mass is 16.1. The number of fused-ring (bicyclic) bond motifs is 1. The first-order valence-electron chi connectivity index (χ1n) is 8.62. The molecular weight excluding hydrogens is 314 g/mol. The van der Waals surface area contributed by atoms with Gasteiger partial charge in [-0.3, -0.25) is 9.78 Å². The molecule has 1 amide bonds. The first-order valence-corrected chi connectivity index (χ1v) is 8.62. The molecule has 0 spiro atoms. The largest absolute Gasteiger partial charge is 0.371 e. The number of amides is 1. The van der Waals surface area contributed by atoms with Crippen molar-refractivity contribution in [3.63, 3.8) is 0 Å². The van der Waals surface area contributed by atoms with Crippen LogP contribution in [0.3, 0.4) is 0 Å². The lowest BCUT2D eigenvalue weighted by Gasteiger charge is -2.17. The fourth-order valence-electron chi connectivity index (χ4n) is 3.32. The van der Waals surface area contributed by atoms with E-state index in [0.29, 0.717) is 12.2 Å². The van der Waals surface area contributed by atoms with Crippen LogP contribution in [0.1, 0.15) is 29.2 Å². The molecule has 0 radical (unpaired) electrons. The zero-order valence-corrected chi connectivity index (χ0v) is 14.3. The molecule has 4 rings (SSSR count). The number of imidazole rings is 1. The average Bonchev–Trinajstić information content (AvgIpc) is 3.29. The SMILES string of the molecule is Cn1c(CNC(=O)c2cc(N3CCCC3)ccn2)nc2ccccc21. The molecule has 2 aromatic heterocycles. The average molecular weight is 335 g/mol. The topological polar surface area (TPSA) is 63.1 Å². The van der Waals surface area contributed by atoms with Gasteiger partial charge in [0, 0.05) is 32.0 Å². The Morgan fingerprint density at radius 1 is 1.20 bits per heavy atom. The van der Waals surface area contributed by atoms with Gasteiger partial charge >= 0.3 is 0 Å². The van der Waals surface area contributed by atoms with Crippen molar-refractivity contribution in [2.45, 2.75) is 19.4 Å². The van der Waals surface area contributed by atoms with E-state index >= 15 is 0 Å². The molecule has 0 bridgehead atoms. The van der Waals surface area contributed by atoms with Gasteiger partial charge in [-0.2, -0.15) is 0 Å². The lowest BCUT2D eigenvalue weighted by atomic mass is 10.3. The van der Waals surface area contributed by atoms with Crippen LogP contribution in [0.2, 0.25) is 0 Å². The van der Waals surface area contributed by atoms with Crippen molar-refractivity contribution in [1.82, 2.24) is 19.9 Å². The van der Waals surface area contributed by atoms with Crippen molar-refractivity contribution in [3.8, 4) is 0 Å². The van der Waals surface area contributed by atoms with Crippen LogP contribution < -0.4 is 10.2 Å². The van der Waals surface area contributed by atoms with Gasteiger partial charge in [0.05, 0.1) is 17.6 Å². The van der Waals surface area contributed by atoms with Gasteiger partial charge in [0.1, 0.15) is 11.5 Å². The Labute approximate surface area is 146 Å². The summed E-state index contributed by atoms with van der Waals surface area (Å²) >= 11 is 0. The molecule has 6 nitrogen and oxygen atoms in total. The number of carbonyl (C=O) groups is 1. The van der Waals surface area contributed by atoms with Gasteiger partial charge in [0.25, 0.3) is 5.91 Å². The number of anilines is 1. The number of pyridine rings is 1. The zero-order valence-electron chi connectivity index (χ0n) is 14.3. The number of nitrogens with one attached hydrogen (secondary N) is 1. The van der Waals surface area contributed by atoms with Crippen LogP contribution in [-0.2, 0) is 13.6 Å². The highest BCUT2D eigenvalue weighted by Crippen LogP contribution is 2.20. The van der Waals surface area contributed by atoms with Gasteiger partial charge in [-0.05, 0) is 37.1 Å². The van der Waals surface area contributed by atoms with Crippen LogP contribution in [0.25, 0.3) is 11.0 Å². The summed E-state index contributed by atoms with van der Waals surface area (Å²) in [5, 5.41) is 2.93. The third-order valence-corrected chi connectivity index (χ3v) is 4.73. The van der Waals surface area contributed by atoms with Crippen molar-refractivity contribution < 1.29 is 4.79 Å². The molecule has 3 aromatic rings. The molecule has 1 aliphatic heterocycles. The van der Waals surface area contributed by atoms with Gasteiger partial charge < -0.3 is 14.8 Å². The molecular formula is C19H21N5O. The van der Waals surface area contributed by atoms with E-state index in [9.17, 15) is 4.79 Å². The summed E-state index contributed by atoms with van der Waals surface area (Å²) in [6, 6.07) is 11.8. The maximum Gasteiger partial charge on any atom is 0.270 e. The number of aryl methyl sites for hydroxylation is 1. The van der Waals surface area contributed by atoms with E-state index in [4.69, 9.17) is 0 Å². The van der Waals surface area contributed by atoms with Crippen LogP contribution in [-0.4, -0.2) is 33.5 Å². The van der Waals surface area contributed by atoms with E-state index in [0.717, 1.165) is 35.6 Å². The molecule has 1 N–H and O–H groups in total. The van der Waals surface area contributed by atoms with Crippen molar-refractivity contribution >= 4 is 22.6 Å². The number of aromatic nitrogens is 3. The monoisotopic (exact) mass is 335 g/mol. The molecule has 1 saturated heterocycles. The summed E-state index contributed by atoms with van der Waals surface area (Å²) < 4.78 is 2.00. The number of para-hydroxylation sites is 2. The Morgan fingerprint density at radius 2 is 2.00 bits per heavy atom. The summed E-state index contributed by atoms with van der Waals surface area (Å²) in [4.78, 5) is 23.6. The lowest BCUT2D eigenvalue weighted by molar-refractivity contribution is 0.0944. The number of benzene rings is 1. The summed E-state index contributed by atoms with van der Waals surface area (Å²) in [7, 11) is 1.96. The zero-order chi connectivity index (χ0) is 17.2. The standard InChI is InChI=1S/C19H21N5O/c1-23-17-7-3-2-6-15(17)22-18(23)13-21-19(25)16-12-14(8-9-20-16)24-10-4-5-11-24/h2-3,6-9,12H,4-5,10-11,13H2,1H3,(H,21,25). The number of hydrogen-bond acceptors (Lipinski definition) is 4. The van der Waals surface area contributed by atoms with Gasteiger partial charge in [-0.1, -0.05) is 12.1 Å². The number of carbonyl (C=O) groups excluding carboxylic acids is 1. The minimum Gasteiger partial charge on any atom is -0.371 e. The quantitative estimate of drug-likeness (QED) is 0.796. The Bertz CT molecular complexity index is 911. The molecule has 128 valence electrons. The smallest absolute Gasteiger partial charge is 0.270 e. The minimum absolute atomic E-state index is 0.173. The van der Waals surface area contributed by atoms with Crippen LogP contribution in [0.15, 0.2) is 42.6 Å². The van der Waals surface area contributed by atoms with Crippen molar-refractivity contribution in [3.05, 3.63) is 54.1 Å². The van der Waals surface area contributed by atoms with Gasteiger partial charge in [-0.25, -0.2) is 4.98 Å². The first-order chi connectivity index (χ1) is 12.2. The Kier molecular flexibility index (Phi) is 4.09. The number of nitrogens with zero attached hydrogens (tertiary/aromatic N) is 4. The predicted octanol–water partition coefficient (Wildman–Crippen LogP) is 2.50. The van der Waals surface area contributed by atoms with Crippen molar-refractivity contribution in [2.24, 2.45) is 7.05 Å². The number of hydrogen-bond donors (Lipinski definition) is 1. The second-order valence-electron chi connectivity index (χ2n) is 6.35. The molecule has 0 atom stereocenters. The third kappa shape index (κ3) is 3.07. The maximum absolute atomic E-state index is 12.5. The third-order valence-electron chi connectivity index (χ3n) is 4.73. The van der Waals surface area contributed by atoms with E-state index in [-0.39, 0.29) is 5.91 Å². The molecule has 1 aliphatic rings. The highest BCUT2D eigenvalue weighted by Gasteiger charge is 2.15. The Hall–Kier alpha value is -2.89. The van der Waals surface area contributed by atoms with Crippen molar-refractivity contribution in [2.75, 3.05) is 18.0 Å². The summed E-state index contributed by atoms with van der Waals surface area (Å²) in [5.41, 5.74) is 3.51. The Balaban J connectivity index is 1.48. The molecule has 3 heterocycles. The first kappa shape index (κ1) is 15.6. The summed E-state index contributed by atoms with van der Waals surface area (Å²) in [6.45, 7) is 2.47. The highest BCUT2D eigenvalue weighted by molar-refractivity contribution is 5.93. The van der Waals surface area contributed by atoms with E-state index < -0.39 is 0 Å². The summed E-state index contributed by atoms with van der Waals surface area (Å²) in [6.07, 6.45) is 4.12. The van der Waals surface area contributed by atoms with Gasteiger partial charge in [0.15, 0.2) is 0 Å². The normalized spacial score (nSPS) is 14.2. The van der Waals surface area contributed by atoms with Crippen molar-refractivity contribution in [1.29, 1.82) is 0 Å². The molecule has 25 heavy (non-hydrogen) atoms. The predicted molar refractivity (Wildman–Crippen MR) is 97.6 cm³/mol. The second kappa shape index (κ2) is 6.55. The van der Waals surface area contributed by atoms with E-state index in [1.54, 1.807) is 6.20 Å². The molecule has 0 saturated carbocycles. The van der Waals surface area contributed by atoms with Crippen LogP contribution in [0.4, 0.5) is 5.69 Å². The molecule has 0 unspecified atom stereocenters. The molecule has 1 aromatic carbocycles. The fraction of sp³-hybridized carbons (Fsp3) is 0.316. The molecule has 1 fully saturated rings. The van der Waals surface area contributed by atoms with Crippen LogP contribution in [0.5, 0.6) is 0 Å². The van der Waals surface area contributed by atoms with E-state index in [2.05, 4.69) is 20.2 Å². The van der Waals surface area contributed by atoms with Gasteiger partial charge in [0.2, 0.25) is 0 Å². The van der Waals surface area contributed by atoms with E-state index in [1.807, 2.05) is 48.0 Å². The van der Waals surface area contributed by atoms with Gasteiger partial charge in [-0.15, -0.1) is 0 Å². The number of rotatable bonds is 4. The summed E-state index contributed by atoms with van der Waals surface area (Å²) in [5.74, 6) is 0.651.